The summed E-state index contributed by atoms with van der Waals surface area (Å²) < 4.78 is 0. The van der Waals surface area contributed by atoms with Crippen LogP contribution >= 0.6 is 0 Å². The predicted molar refractivity (Wildman–Crippen MR) is 38.6 cm³/mol. The summed E-state index contributed by atoms with van der Waals surface area (Å²) in [5.41, 5.74) is 11.7. The molecule has 1 amide bonds. The number of fused-ring (bicyclic) bond motifs is 1. The van der Waals surface area contributed by atoms with Gasteiger partial charge in [0.05, 0.1) is 5.70 Å². The molecule has 0 radical (unpaired) electrons. The van der Waals surface area contributed by atoms with Crippen molar-refractivity contribution in [2.45, 2.75) is 6.04 Å². The van der Waals surface area contributed by atoms with E-state index in [1.54, 1.807) is 6.20 Å². The van der Waals surface area contributed by atoms with Crippen LogP contribution in [0.3, 0.4) is 0 Å². The minimum absolute atomic E-state index is 0.0764. The Labute approximate surface area is 63.5 Å². The minimum atomic E-state index is -0.301. The normalized spacial score (nSPS) is 27.5. The van der Waals surface area contributed by atoms with Crippen LogP contribution in [0.4, 0.5) is 0 Å². The van der Waals surface area contributed by atoms with Crippen LogP contribution in [0.25, 0.3) is 0 Å². The highest BCUT2D eigenvalue weighted by Crippen LogP contribution is 2.04. The molecule has 11 heavy (non-hydrogen) atoms. The lowest BCUT2D eigenvalue weighted by atomic mass is 10.2. The number of hydrogen-bond donors (Lipinski definition) is 4. The molecule has 0 saturated carbocycles. The molecule has 0 aromatic rings. The van der Waals surface area contributed by atoms with Crippen molar-refractivity contribution in [2.24, 2.45) is 0 Å². The van der Waals surface area contributed by atoms with E-state index in [1.165, 1.54) is 0 Å². The number of carbonyl (C=O) groups excluding carboxylic acids is 1. The molecular formula is C6H8N4O. The molecule has 2 rings (SSSR count). The summed E-state index contributed by atoms with van der Waals surface area (Å²) in [5, 5.41) is 0. The summed E-state index contributed by atoms with van der Waals surface area (Å²) >= 11 is 0. The SMILES string of the molecule is O=C1NNC2=CC=CNNC12. The maximum atomic E-state index is 11.0. The molecule has 2 aliphatic heterocycles. The van der Waals surface area contributed by atoms with Gasteiger partial charge in [-0.15, -0.1) is 0 Å². The van der Waals surface area contributed by atoms with E-state index in [0.29, 0.717) is 0 Å². The number of hydrazine groups is 2. The zero-order valence-electron chi connectivity index (χ0n) is 5.72. The second-order valence-corrected chi connectivity index (χ2v) is 2.32. The van der Waals surface area contributed by atoms with Gasteiger partial charge in [-0.25, -0.2) is 5.43 Å². The maximum Gasteiger partial charge on any atom is 0.263 e. The third-order valence-corrected chi connectivity index (χ3v) is 1.59. The summed E-state index contributed by atoms with van der Waals surface area (Å²) in [4.78, 5) is 11.0. The fourth-order valence-corrected chi connectivity index (χ4v) is 1.03. The Morgan fingerprint density at radius 2 is 2.27 bits per heavy atom. The van der Waals surface area contributed by atoms with E-state index in [4.69, 9.17) is 0 Å². The molecule has 2 heterocycles. The standard InChI is InChI=1S/C6H8N4O/c11-6-5-4(8-10-6)2-1-3-7-9-5/h1-3,5,7-9H,(H,10,11). The zero-order chi connectivity index (χ0) is 7.68. The number of rotatable bonds is 0. The summed E-state index contributed by atoms with van der Waals surface area (Å²) in [7, 11) is 0. The van der Waals surface area contributed by atoms with Crippen molar-refractivity contribution >= 4 is 5.91 Å². The lowest BCUT2D eigenvalue weighted by molar-refractivity contribution is -0.121. The summed E-state index contributed by atoms with van der Waals surface area (Å²) in [6.45, 7) is 0. The van der Waals surface area contributed by atoms with Gasteiger partial charge < -0.3 is 10.9 Å². The summed E-state index contributed by atoms with van der Waals surface area (Å²) in [5.74, 6) is -0.0764. The van der Waals surface area contributed by atoms with Crippen LogP contribution in [0, 0.1) is 0 Å². The van der Waals surface area contributed by atoms with E-state index in [0.717, 1.165) is 5.70 Å². The Hall–Kier alpha value is -1.49. The Balaban J connectivity index is 2.26. The Kier molecular flexibility index (Phi) is 1.29. The highest BCUT2D eigenvalue weighted by Gasteiger charge is 2.28. The van der Waals surface area contributed by atoms with E-state index >= 15 is 0 Å². The first-order valence-electron chi connectivity index (χ1n) is 3.31. The molecule has 1 saturated heterocycles. The van der Waals surface area contributed by atoms with Gasteiger partial charge in [0, 0.05) is 6.20 Å². The molecular weight excluding hydrogens is 144 g/mol. The van der Waals surface area contributed by atoms with Crippen molar-refractivity contribution in [3.05, 3.63) is 24.0 Å². The second-order valence-electron chi connectivity index (χ2n) is 2.32. The zero-order valence-corrected chi connectivity index (χ0v) is 5.72. The average molecular weight is 152 g/mol. The number of amides is 1. The van der Waals surface area contributed by atoms with Crippen molar-refractivity contribution < 1.29 is 4.79 Å². The summed E-state index contributed by atoms with van der Waals surface area (Å²) in [6.07, 6.45) is 5.37. The van der Waals surface area contributed by atoms with Crippen molar-refractivity contribution in [3.63, 3.8) is 0 Å². The van der Waals surface area contributed by atoms with Gasteiger partial charge in [0.25, 0.3) is 5.91 Å². The fraction of sp³-hybridized carbons (Fsp3) is 0.167. The van der Waals surface area contributed by atoms with Crippen LogP contribution in [0.15, 0.2) is 24.0 Å². The molecule has 1 fully saturated rings. The molecule has 0 spiro atoms. The number of nitrogens with one attached hydrogen (secondary N) is 4. The van der Waals surface area contributed by atoms with Crippen molar-refractivity contribution in [3.8, 4) is 0 Å². The van der Waals surface area contributed by atoms with E-state index in [-0.39, 0.29) is 11.9 Å². The van der Waals surface area contributed by atoms with Gasteiger partial charge in [0.15, 0.2) is 0 Å². The molecule has 58 valence electrons. The van der Waals surface area contributed by atoms with Crippen molar-refractivity contribution in [2.75, 3.05) is 0 Å². The van der Waals surface area contributed by atoms with Crippen LogP contribution in [0.5, 0.6) is 0 Å². The molecule has 2 aliphatic rings. The van der Waals surface area contributed by atoms with Gasteiger partial charge in [0.2, 0.25) is 0 Å². The van der Waals surface area contributed by atoms with Gasteiger partial charge in [-0.2, -0.15) is 0 Å². The quantitative estimate of drug-likeness (QED) is 0.341. The Bertz CT molecular complexity index is 245. The first-order valence-corrected chi connectivity index (χ1v) is 3.31. The smallest absolute Gasteiger partial charge is 0.263 e. The van der Waals surface area contributed by atoms with Gasteiger partial charge in [0.1, 0.15) is 6.04 Å². The Morgan fingerprint density at radius 1 is 1.36 bits per heavy atom. The van der Waals surface area contributed by atoms with Crippen LogP contribution < -0.4 is 21.7 Å². The maximum absolute atomic E-state index is 11.0. The van der Waals surface area contributed by atoms with Crippen LogP contribution in [0.2, 0.25) is 0 Å². The lowest BCUT2D eigenvalue weighted by Crippen LogP contribution is -2.42. The molecule has 0 bridgehead atoms. The monoisotopic (exact) mass is 152 g/mol. The largest absolute Gasteiger partial charge is 0.328 e. The number of hydrogen-bond acceptors (Lipinski definition) is 4. The van der Waals surface area contributed by atoms with Crippen molar-refractivity contribution in [1.29, 1.82) is 0 Å². The number of carbonyl (C=O) groups is 1. The molecule has 5 nitrogen and oxygen atoms in total. The highest BCUT2D eigenvalue weighted by atomic mass is 16.2. The molecule has 5 heteroatoms. The minimum Gasteiger partial charge on any atom is -0.328 e. The van der Waals surface area contributed by atoms with E-state index in [9.17, 15) is 4.79 Å². The topological polar surface area (TPSA) is 65.2 Å². The molecule has 4 N–H and O–H groups in total. The molecule has 1 atom stereocenters. The van der Waals surface area contributed by atoms with Crippen LogP contribution in [-0.4, -0.2) is 11.9 Å². The van der Waals surface area contributed by atoms with Crippen LogP contribution in [0.1, 0.15) is 0 Å². The van der Waals surface area contributed by atoms with Gasteiger partial charge in [-0.05, 0) is 12.2 Å². The fourth-order valence-electron chi connectivity index (χ4n) is 1.03. The van der Waals surface area contributed by atoms with Gasteiger partial charge >= 0.3 is 0 Å². The first-order chi connectivity index (χ1) is 5.38. The first kappa shape index (κ1) is 6.23. The Morgan fingerprint density at radius 3 is 3.18 bits per heavy atom. The van der Waals surface area contributed by atoms with Gasteiger partial charge in [-0.1, -0.05) is 0 Å². The average Bonchev–Trinajstić information content (AvgIpc) is 2.25. The van der Waals surface area contributed by atoms with E-state index < -0.39 is 0 Å². The summed E-state index contributed by atoms with van der Waals surface area (Å²) in [6, 6.07) is -0.301. The second kappa shape index (κ2) is 2.28. The number of allylic oxidation sites excluding steroid dienone is 2. The predicted octanol–water partition coefficient (Wildman–Crippen LogP) is -1.51. The third-order valence-electron chi connectivity index (χ3n) is 1.59. The molecule has 1 unspecified atom stereocenters. The van der Waals surface area contributed by atoms with E-state index in [2.05, 4.69) is 21.7 Å². The van der Waals surface area contributed by atoms with E-state index in [1.807, 2.05) is 12.2 Å². The molecule has 0 aromatic heterocycles. The third kappa shape index (κ3) is 0.947. The highest BCUT2D eigenvalue weighted by molar-refractivity contribution is 5.87. The molecule has 0 aliphatic carbocycles. The van der Waals surface area contributed by atoms with Crippen molar-refractivity contribution in [1.82, 2.24) is 21.7 Å². The lowest BCUT2D eigenvalue weighted by Gasteiger charge is -2.06. The van der Waals surface area contributed by atoms with Gasteiger partial charge in [-0.3, -0.25) is 10.2 Å². The van der Waals surface area contributed by atoms with Crippen LogP contribution in [-0.2, 0) is 4.79 Å². The molecule has 0 aromatic carbocycles.